The first-order valence-corrected chi connectivity index (χ1v) is 6.31. The van der Waals surface area contributed by atoms with Crippen molar-refractivity contribution in [3.05, 3.63) is 41.1 Å². The van der Waals surface area contributed by atoms with Gasteiger partial charge in [-0.3, -0.25) is 0 Å². The van der Waals surface area contributed by atoms with E-state index in [4.69, 9.17) is 5.73 Å². The molecule has 18 heavy (non-hydrogen) atoms. The molecule has 0 saturated carbocycles. The Kier molecular flexibility index (Phi) is 2.51. The van der Waals surface area contributed by atoms with Gasteiger partial charge in [0.05, 0.1) is 11.7 Å². The molecule has 2 heterocycles. The minimum Gasteiger partial charge on any atom is -0.399 e. The SMILES string of the molecule is Cc1cc2n(n1)C(c1ccc(C)c(N)c1)CCN2. The van der Waals surface area contributed by atoms with Gasteiger partial charge in [-0.25, -0.2) is 4.68 Å². The maximum Gasteiger partial charge on any atom is 0.125 e. The van der Waals surface area contributed by atoms with E-state index in [2.05, 4.69) is 39.4 Å². The van der Waals surface area contributed by atoms with Crippen molar-refractivity contribution in [1.82, 2.24) is 9.78 Å². The summed E-state index contributed by atoms with van der Waals surface area (Å²) in [6.07, 6.45) is 1.04. The Morgan fingerprint density at radius 1 is 1.33 bits per heavy atom. The monoisotopic (exact) mass is 242 g/mol. The number of anilines is 2. The number of aryl methyl sites for hydroxylation is 2. The van der Waals surface area contributed by atoms with Gasteiger partial charge in [0, 0.05) is 18.3 Å². The Morgan fingerprint density at radius 2 is 2.17 bits per heavy atom. The van der Waals surface area contributed by atoms with Crippen LogP contribution in [0.15, 0.2) is 24.3 Å². The molecule has 0 bridgehead atoms. The number of nitrogens with two attached hydrogens (primary N) is 1. The highest BCUT2D eigenvalue weighted by Gasteiger charge is 2.22. The zero-order valence-corrected chi connectivity index (χ0v) is 10.8. The predicted octanol–water partition coefficient (Wildman–Crippen LogP) is 2.49. The van der Waals surface area contributed by atoms with Crippen molar-refractivity contribution in [2.75, 3.05) is 17.6 Å². The summed E-state index contributed by atoms with van der Waals surface area (Å²) in [5, 5.41) is 7.95. The van der Waals surface area contributed by atoms with Crippen LogP contribution in [0.1, 0.15) is 29.3 Å². The predicted molar refractivity (Wildman–Crippen MR) is 73.8 cm³/mol. The maximum absolute atomic E-state index is 6.01. The van der Waals surface area contributed by atoms with Gasteiger partial charge in [-0.05, 0) is 37.5 Å². The van der Waals surface area contributed by atoms with Crippen LogP contribution in [0, 0.1) is 13.8 Å². The van der Waals surface area contributed by atoms with Crippen LogP contribution >= 0.6 is 0 Å². The maximum atomic E-state index is 6.01. The molecule has 0 aliphatic carbocycles. The number of hydrogen-bond acceptors (Lipinski definition) is 3. The third kappa shape index (κ3) is 1.74. The fraction of sp³-hybridized carbons (Fsp3) is 0.357. The first-order chi connectivity index (χ1) is 8.65. The molecule has 0 spiro atoms. The van der Waals surface area contributed by atoms with Crippen LogP contribution in [0.3, 0.4) is 0 Å². The number of aromatic nitrogens is 2. The highest BCUT2D eigenvalue weighted by atomic mass is 15.4. The van der Waals surface area contributed by atoms with Crippen molar-refractivity contribution in [2.45, 2.75) is 26.3 Å². The Balaban J connectivity index is 2.05. The molecule has 0 fully saturated rings. The molecule has 4 heteroatoms. The summed E-state index contributed by atoms with van der Waals surface area (Å²) in [7, 11) is 0. The lowest BCUT2D eigenvalue weighted by Crippen LogP contribution is -2.24. The molecule has 1 aliphatic heterocycles. The van der Waals surface area contributed by atoms with Gasteiger partial charge in [0.2, 0.25) is 0 Å². The zero-order valence-electron chi connectivity index (χ0n) is 10.8. The minimum atomic E-state index is 0.290. The van der Waals surface area contributed by atoms with Gasteiger partial charge in [0.1, 0.15) is 5.82 Å². The van der Waals surface area contributed by atoms with E-state index in [0.29, 0.717) is 0 Å². The van der Waals surface area contributed by atoms with Crippen LogP contribution < -0.4 is 11.1 Å². The fourth-order valence-electron chi connectivity index (χ4n) is 2.52. The van der Waals surface area contributed by atoms with Crippen LogP contribution in [0.4, 0.5) is 11.5 Å². The Labute approximate surface area is 107 Å². The summed E-state index contributed by atoms with van der Waals surface area (Å²) in [6, 6.07) is 8.69. The summed E-state index contributed by atoms with van der Waals surface area (Å²) in [5.41, 5.74) is 10.3. The molecular weight excluding hydrogens is 224 g/mol. The van der Waals surface area contributed by atoms with E-state index in [0.717, 1.165) is 35.7 Å². The van der Waals surface area contributed by atoms with E-state index in [1.54, 1.807) is 0 Å². The number of hydrogen-bond donors (Lipinski definition) is 2. The van der Waals surface area contributed by atoms with Crippen molar-refractivity contribution in [3.63, 3.8) is 0 Å². The van der Waals surface area contributed by atoms with Gasteiger partial charge in [-0.1, -0.05) is 12.1 Å². The molecule has 1 atom stereocenters. The standard InChI is InChI=1S/C14H18N4/c1-9-3-4-11(8-12(9)15)13-5-6-16-14-7-10(2)17-18(13)14/h3-4,7-8,13,16H,5-6,15H2,1-2H3. The van der Waals surface area contributed by atoms with Crippen molar-refractivity contribution < 1.29 is 0 Å². The van der Waals surface area contributed by atoms with Crippen LogP contribution in [0.5, 0.6) is 0 Å². The highest BCUT2D eigenvalue weighted by molar-refractivity contribution is 5.50. The minimum absolute atomic E-state index is 0.290. The van der Waals surface area contributed by atoms with Crippen molar-refractivity contribution in [1.29, 1.82) is 0 Å². The second-order valence-corrected chi connectivity index (χ2v) is 4.96. The Morgan fingerprint density at radius 3 is 2.94 bits per heavy atom. The zero-order chi connectivity index (χ0) is 12.7. The van der Waals surface area contributed by atoms with Crippen LogP contribution in [-0.4, -0.2) is 16.3 Å². The van der Waals surface area contributed by atoms with E-state index in [9.17, 15) is 0 Å². The molecule has 1 unspecified atom stereocenters. The summed E-state index contributed by atoms with van der Waals surface area (Å²) >= 11 is 0. The lowest BCUT2D eigenvalue weighted by atomic mass is 10.00. The fourth-order valence-corrected chi connectivity index (χ4v) is 2.52. The lowest BCUT2D eigenvalue weighted by molar-refractivity contribution is 0.480. The summed E-state index contributed by atoms with van der Waals surface area (Å²) in [6.45, 7) is 5.03. The van der Waals surface area contributed by atoms with Crippen molar-refractivity contribution in [2.24, 2.45) is 0 Å². The molecule has 1 aromatic carbocycles. The highest BCUT2D eigenvalue weighted by Crippen LogP contribution is 2.31. The second kappa shape index (κ2) is 4.05. The topological polar surface area (TPSA) is 55.9 Å². The van der Waals surface area contributed by atoms with Gasteiger partial charge in [-0.2, -0.15) is 5.10 Å². The van der Waals surface area contributed by atoms with E-state index >= 15 is 0 Å². The summed E-state index contributed by atoms with van der Waals surface area (Å²) < 4.78 is 2.07. The molecule has 2 aromatic rings. The number of benzene rings is 1. The average Bonchev–Trinajstić information content (AvgIpc) is 2.72. The lowest BCUT2D eigenvalue weighted by Gasteiger charge is -2.26. The second-order valence-electron chi connectivity index (χ2n) is 4.96. The van der Waals surface area contributed by atoms with Gasteiger partial charge < -0.3 is 11.1 Å². The molecule has 94 valence electrons. The molecule has 0 amide bonds. The largest absolute Gasteiger partial charge is 0.399 e. The third-order valence-electron chi connectivity index (χ3n) is 3.57. The molecule has 4 nitrogen and oxygen atoms in total. The number of rotatable bonds is 1. The normalized spacial score (nSPS) is 18.2. The Bertz CT molecular complexity index is 585. The van der Waals surface area contributed by atoms with E-state index < -0.39 is 0 Å². The molecule has 3 rings (SSSR count). The third-order valence-corrected chi connectivity index (χ3v) is 3.57. The van der Waals surface area contributed by atoms with Crippen LogP contribution in [0.2, 0.25) is 0 Å². The van der Waals surface area contributed by atoms with Gasteiger partial charge in [0.15, 0.2) is 0 Å². The van der Waals surface area contributed by atoms with Crippen molar-refractivity contribution in [3.8, 4) is 0 Å². The molecule has 1 aliphatic rings. The van der Waals surface area contributed by atoms with Gasteiger partial charge in [0.25, 0.3) is 0 Å². The molecule has 0 saturated heterocycles. The quantitative estimate of drug-likeness (QED) is 0.755. The summed E-state index contributed by atoms with van der Waals surface area (Å²) in [5.74, 6) is 1.10. The molecular formula is C14H18N4. The average molecular weight is 242 g/mol. The smallest absolute Gasteiger partial charge is 0.125 e. The van der Waals surface area contributed by atoms with E-state index in [1.807, 2.05) is 13.8 Å². The molecule has 0 radical (unpaired) electrons. The molecule has 1 aromatic heterocycles. The number of nitrogen functional groups attached to an aromatic ring is 1. The van der Waals surface area contributed by atoms with E-state index in [-0.39, 0.29) is 6.04 Å². The van der Waals surface area contributed by atoms with Gasteiger partial charge >= 0.3 is 0 Å². The Hall–Kier alpha value is -1.97. The number of nitrogens with zero attached hydrogens (tertiary/aromatic N) is 2. The first kappa shape index (κ1) is 11.1. The number of fused-ring (bicyclic) bond motifs is 1. The molecule has 3 N–H and O–H groups in total. The van der Waals surface area contributed by atoms with Crippen LogP contribution in [0.25, 0.3) is 0 Å². The van der Waals surface area contributed by atoms with Crippen LogP contribution in [-0.2, 0) is 0 Å². The van der Waals surface area contributed by atoms with Crippen molar-refractivity contribution >= 4 is 11.5 Å². The first-order valence-electron chi connectivity index (χ1n) is 6.31. The van der Waals surface area contributed by atoms with E-state index in [1.165, 1.54) is 5.56 Å². The number of nitrogens with one attached hydrogen (secondary N) is 1. The van der Waals surface area contributed by atoms with Gasteiger partial charge in [-0.15, -0.1) is 0 Å². The summed E-state index contributed by atoms with van der Waals surface area (Å²) in [4.78, 5) is 0.